The lowest BCUT2D eigenvalue weighted by atomic mass is 10.1. The number of carbonyl (C=O) groups is 1. The Bertz CT molecular complexity index is 364. The molecule has 1 N–H and O–H groups in total. The molecule has 0 radical (unpaired) electrons. The van der Waals surface area contributed by atoms with Gasteiger partial charge in [-0.15, -0.1) is 0 Å². The Hall–Kier alpha value is -1.55. The third-order valence-electron chi connectivity index (χ3n) is 1.84. The first-order valence-electron chi connectivity index (χ1n) is 5.66. The summed E-state index contributed by atoms with van der Waals surface area (Å²) in [6.07, 6.45) is -1.33. The van der Waals surface area contributed by atoms with Crippen LogP contribution in [0, 0.1) is 0 Å². The molecule has 0 aromatic heterocycles. The summed E-state index contributed by atoms with van der Waals surface area (Å²) in [6.45, 7) is 1.86. The molecule has 0 fully saturated rings. The van der Waals surface area contributed by atoms with Crippen molar-refractivity contribution in [3.63, 3.8) is 0 Å². The largest absolute Gasteiger partial charge is 0.497 e. The fourth-order valence-electron chi connectivity index (χ4n) is 1.09. The van der Waals surface area contributed by atoms with Crippen LogP contribution in [0.4, 0.5) is 0 Å². The molecule has 1 aromatic carbocycles. The van der Waals surface area contributed by atoms with Gasteiger partial charge in [0.2, 0.25) is 0 Å². The van der Waals surface area contributed by atoms with Gasteiger partial charge in [-0.1, -0.05) is 12.1 Å². The van der Waals surface area contributed by atoms with Crippen LogP contribution in [0.25, 0.3) is 0 Å². The molecule has 0 amide bonds. The molecule has 1 rings (SSSR count). The van der Waals surface area contributed by atoms with Gasteiger partial charge in [0, 0.05) is 0 Å². The van der Waals surface area contributed by atoms with Crippen LogP contribution in [0.15, 0.2) is 24.3 Å². The molecule has 82 valence electrons. The Balaban J connectivity index is 2.70. The molecule has 0 aliphatic carbocycles. The van der Waals surface area contributed by atoms with E-state index in [1.165, 1.54) is 24.3 Å². The van der Waals surface area contributed by atoms with Gasteiger partial charge < -0.3 is 14.6 Å². The number of benzene rings is 1. The van der Waals surface area contributed by atoms with E-state index in [4.69, 9.17) is 7.48 Å². The van der Waals surface area contributed by atoms with Crippen molar-refractivity contribution < 1.29 is 22.1 Å². The third-order valence-corrected chi connectivity index (χ3v) is 1.84. The molecule has 4 heteroatoms. The lowest BCUT2D eigenvalue weighted by molar-refractivity contribution is -0.153. The van der Waals surface area contributed by atoms with Crippen molar-refractivity contribution in [2.45, 2.75) is 13.0 Å². The highest BCUT2D eigenvalue weighted by molar-refractivity contribution is 5.76. The fraction of sp³-hybridized carbons (Fsp3) is 0.364. The number of aliphatic hydroxyl groups is 1. The lowest BCUT2D eigenvalue weighted by Gasteiger charge is -2.10. The van der Waals surface area contributed by atoms with E-state index in [1.54, 1.807) is 6.92 Å². The highest BCUT2D eigenvalue weighted by Gasteiger charge is 2.18. The number of rotatable bonds is 4. The number of carbonyl (C=O) groups excluding carboxylic acids is 1. The molecule has 0 aliphatic rings. The number of ether oxygens (including phenoxy) is 2. The number of hydrogen-bond acceptors (Lipinski definition) is 4. The second-order valence-corrected chi connectivity index (χ2v) is 2.84. The van der Waals surface area contributed by atoms with E-state index in [2.05, 4.69) is 4.74 Å². The van der Waals surface area contributed by atoms with Crippen molar-refractivity contribution in [3.05, 3.63) is 29.8 Å². The minimum absolute atomic E-state index is 0.205. The Kier molecular flexibility index (Phi) is 3.12. The van der Waals surface area contributed by atoms with Gasteiger partial charge in [0.1, 0.15) is 5.75 Å². The van der Waals surface area contributed by atoms with Gasteiger partial charge >= 0.3 is 5.97 Å². The topological polar surface area (TPSA) is 55.8 Å². The van der Waals surface area contributed by atoms with Gasteiger partial charge in [-0.2, -0.15) is 0 Å². The Morgan fingerprint density at radius 2 is 2.20 bits per heavy atom. The minimum atomic E-state index is -1.41. The van der Waals surface area contributed by atoms with E-state index >= 15 is 0 Å². The predicted octanol–water partition coefficient (Wildman–Crippen LogP) is 1.29. The van der Waals surface area contributed by atoms with Crippen LogP contribution in [0.5, 0.6) is 5.75 Å². The Morgan fingerprint density at radius 1 is 1.53 bits per heavy atom. The van der Waals surface area contributed by atoms with Crippen LogP contribution < -0.4 is 4.74 Å². The van der Waals surface area contributed by atoms with Crippen LogP contribution in [0.2, 0.25) is 0 Å². The molecule has 0 saturated carbocycles. The molecule has 1 atom stereocenters. The third kappa shape index (κ3) is 2.95. The molecule has 0 unspecified atom stereocenters. The monoisotopic (exact) mass is 212 g/mol. The summed E-state index contributed by atoms with van der Waals surface area (Å²) in [5, 5.41) is 9.60. The fourth-order valence-corrected chi connectivity index (χ4v) is 1.09. The van der Waals surface area contributed by atoms with Crippen molar-refractivity contribution in [2.75, 3.05) is 13.7 Å². The predicted molar refractivity (Wildman–Crippen MR) is 54.6 cm³/mol. The number of hydrogen-bond donors (Lipinski definition) is 1. The quantitative estimate of drug-likeness (QED) is 0.764. The van der Waals surface area contributed by atoms with Crippen LogP contribution in [-0.2, 0) is 9.53 Å². The lowest BCUT2D eigenvalue weighted by Crippen LogP contribution is -2.15. The van der Waals surface area contributed by atoms with E-state index in [0.717, 1.165) is 0 Å². The Labute approximate surface area is 91.2 Å². The average Bonchev–Trinajstić information content (AvgIpc) is 2.28. The first kappa shape index (κ1) is 8.73. The smallest absolute Gasteiger partial charge is 0.339 e. The van der Waals surface area contributed by atoms with Gasteiger partial charge in [-0.3, -0.25) is 0 Å². The zero-order valence-corrected chi connectivity index (χ0v) is 8.34. The van der Waals surface area contributed by atoms with Crippen molar-refractivity contribution in [1.82, 2.24) is 0 Å². The molecule has 15 heavy (non-hydrogen) atoms. The van der Waals surface area contributed by atoms with E-state index in [1.807, 2.05) is 0 Å². The maximum Gasteiger partial charge on any atom is 0.339 e. The second-order valence-electron chi connectivity index (χ2n) is 2.84. The maximum atomic E-state index is 11.2. The summed E-state index contributed by atoms with van der Waals surface area (Å²) in [4.78, 5) is 11.2. The summed E-state index contributed by atoms with van der Waals surface area (Å²) in [5.41, 5.74) is 0.377. The first-order valence-corrected chi connectivity index (χ1v) is 4.50. The SMILES string of the molecule is [2H]C([2H])Oc1ccc([C@@H](O)C(=O)OCC)cc1. The van der Waals surface area contributed by atoms with E-state index in [-0.39, 0.29) is 6.61 Å². The van der Waals surface area contributed by atoms with E-state index in [0.29, 0.717) is 11.3 Å². The van der Waals surface area contributed by atoms with Crippen molar-refractivity contribution >= 4 is 5.97 Å². The highest BCUT2D eigenvalue weighted by atomic mass is 16.5. The number of aliphatic hydroxyl groups excluding tert-OH is 1. The zero-order valence-electron chi connectivity index (χ0n) is 10.3. The minimum Gasteiger partial charge on any atom is -0.497 e. The molecule has 0 bridgehead atoms. The summed E-state index contributed by atoms with van der Waals surface area (Å²) >= 11 is 0. The summed E-state index contributed by atoms with van der Waals surface area (Å²) in [7, 11) is -1.41. The Morgan fingerprint density at radius 3 is 2.73 bits per heavy atom. The highest BCUT2D eigenvalue weighted by Crippen LogP contribution is 2.18. The summed E-state index contributed by atoms with van der Waals surface area (Å²) in [5.74, 6) is -0.375. The molecule has 1 aromatic rings. The van der Waals surface area contributed by atoms with E-state index in [9.17, 15) is 9.90 Å². The van der Waals surface area contributed by atoms with Crippen molar-refractivity contribution in [1.29, 1.82) is 0 Å². The molecular formula is C11H14O4. The van der Waals surface area contributed by atoms with Gasteiger partial charge in [0.25, 0.3) is 0 Å². The van der Waals surface area contributed by atoms with Crippen LogP contribution >= 0.6 is 0 Å². The second kappa shape index (κ2) is 5.36. The van der Waals surface area contributed by atoms with Crippen LogP contribution in [0.3, 0.4) is 0 Å². The first-order chi connectivity index (χ1) is 8.04. The normalized spacial score (nSPS) is 14.1. The molecule has 0 spiro atoms. The number of esters is 1. The van der Waals surface area contributed by atoms with Gasteiger partial charge in [-0.25, -0.2) is 4.79 Å². The maximum absolute atomic E-state index is 11.2. The van der Waals surface area contributed by atoms with Crippen molar-refractivity contribution in [3.8, 4) is 5.75 Å². The van der Waals surface area contributed by atoms with Gasteiger partial charge in [0.15, 0.2) is 6.10 Å². The average molecular weight is 212 g/mol. The molecule has 0 heterocycles. The molecular weight excluding hydrogens is 196 g/mol. The summed E-state index contributed by atoms with van der Waals surface area (Å²) < 4.78 is 23.3. The molecule has 4 nitrogen and oxygen atoms in total. The van der Waals surface area contributed by atoms with Crippen LogP contribution in [0.1, 0.15) is 21.3 Å². The van der Waals surface area contributed by atoms with Crippen molar-refractivity contribution in [2.24, 2.45) is 0 Å². The van der Waals surface area contributed by atoms with Gasteiger partial charge in [-0.05, 0) is 24.6 Å². The molecule has 0 saturated heterocycles. The van der Waals surface area contributed by atoms with Crippen LogP contribution in [-0.4, -0.2) is 24.7 Å². The molecule has 0 aliphatic heterocycles. The van der Waals surface area contributed by atoms with E-state index < -0.39 is 19.1 Å². The number of methoxy groups -OCH3 is 1. The zero-order chi connectivity index (χ0) is 12.8. The van der Waals surface area contributed by atoms with Gasteiger partial charge in [0.05, 0.1) is 16.4 Å². The standard InChI is InChI=1S/C11H14O4/c1-3-15-11(13)10(12)8-4-6-9(14-2)7-5-8/h4-7,10,12H,3H2,1-2H3/t10-/m1/s1/i2D2. The summed E-state index contributed by atoms with van der Waals surface area (Å²) in [6, 6.07) is 5.93.